The second-order valence-corrected chi connectivity index (χ2v) is 6.24. The van der Waals surface area contributed by atoms with Gasteiger partial charge in [-0.1, -0.05) is 0 Å². The molecular formula is C13H15N3O3S. The number of hydrogen-bond acceptors (Lipinski definition) is 4. The van der Waals surface area contributed by atoms with Gasteiger partial charge in [-0.2, -0.15) is 11.8 Å². The molecule has 2 aliphatic heterocycles. The summed E-state index contributed by atoms with van der Waals surface area (Å²) in [6.07, 6.45) is 2.39. The van der Waals surface area contributed by atoms with Gasteiger partial charge in [0.1, 0.15) is 5.54 Å². The highest BCUT2D eigenvalue weighted by Gasteiger charge is 2.53. The fraction of sp³-hybridized carbons (Fsp3) is 0.462. The minimum Gasteiger partial charge on any atom is -0.348 e. The van der Waals surface area contributed by atoms with Crippen LogP contribution in [0.4, 0.5) is 4.79 Å². The molecule has 0 aliphatic carbocycles. The topological polar surface area (TPSA) is 71.4 Å². The minimum atomic E-state index is -0.782. The van der Waals surface area contributed by atoms with Gasteiger partial charge in [-0.15, -0.1) is 0 Å². The molecule has 0 bridgehead atoms. The number of imide groups is 1. The Hall–Kier alpha value is -1.76. The summed E-state index contributed by atoms with van der Waals surface area (Å²) in [5.74, 6) is 0.941. The van der Waals surface area contributed by atoms with Gasteiger partial charge in [-0.25, -0.2) is 4.79 Å². The first-order valence-electron chi connectivity index (χ1n) is 6.40. The van der Waals surface area contributed by atoms with Crippen molar-refractivity contribution in [2.45, 2.75) is 12.0 Å². The van der Waals surface area contributed by atoms with Crippen molar-refractivity contribution in [3.05, 3.63) is 24.0 Å². The van der Waals surface area contributed by atoms with E-state index in [0.717, 1.165) is 10.7 Å². The first-order chi connectivity index (χ1) is 9.53. The number of nitrogens with zero attached hydrogens (tertiary/aromatic N) is 2. The van der Waals surface area contributed by atoms with E-state index in [-0.39, 0.29) is 18.2 Å². The van der Waals surface area contributed by atoms with Crippen LogP contribution >= 0.6 is 11.8 Å². The standard InChI is InChI=1S/C13H15N3O3S/c1-15-5-2-3-9(15)10(17)7-16-11(18)13(14-12(16)19)4-6-20-8-13/h2-3,5H,4,6-8H2,1H3,(H,14,19)/t13-/m0/s1. The zero-order valence-electron chi connectivity index (χ0n) is 11.1. The van der Waals surface area contributed by atoms with Crippen LogP contribution in [0.1, 0.15) is 16.9 Å². The van der Waals surface area contributed by atoms with Crippen molar-refractivity contribution < 1.29 is 14.4 Å². The average molecular weight is 293 g/mol. The van der Waals surface area contributed by atoms with Crippen LogP contribution in [-0.2, 0) is 11.8 Å². The normalized spacial score (nSPS) is 25.6. The number of aromatic nitrogens is 1. The molecule has 3 rings (SSSR count). The summed E-state index contributed by atoms with van der Waals surface area (Å²) < 4.78 is 1.68. The highest BCUT2D eigenvalue weighted by atomic mass is 32.2. The van der Waals surface area contributed by atoms with Crippen LogP contribution in [-0.4, -0.2) is 50.8 Å². The molecule has 2 saturated heterocycles. The van der Waals surface area contributed by atoms with E-state index >= 15 is 0 Å². The van der Waals surface area contributed by atoms with Crippen LogP contribution < -0.4 is 5.32 Å². The molecule has 6 nitrogen and oxygen atoms in total. The highest BCUT2D eigenvalue weighted by Crippen LogP contribution is 2.33. The highest BCUT2D eigenvalue weighted by molar-refractivity contribution is 7.99. The predicted molar refractivity (Wildman–Crippen MR) is 74.7 cm³/mol. The van der Waals surface area contributed by atoms with Crippen molar-refractivity contribution in [3.63, 3.8) is 0 Å². The van der Waals surface area contributed by atoms with E-state index in [1.807, 2.05) is 0 Å². The molecule has 2 aliphatic rings. The van der Waals surface area contributed by atoms with Crippen LogP contribution in [0.25, 0.3) is 0 Å². The summed E-state index contributed by atoms with van der Waals surface area (Å²) in [6.45, 7) is -0.199. The smallest absolute Gasteiger partial charge is 0.325 e. The molecule has 0 unspecified atom stereocenters. The minimum absolute atomic E-state index is 0.199. The Balaban J connectivity index is 1.78. The van der Waals surface area contributed by atoms with Crippen molar-refractivity contribution in [2.24, 2.45) is 7.05 Å². The number of carbonyl (C=O) groups excluding carboxylic acids is 3. The molecule has 0 saturated carbocycles. The van der Waals surface area contributed by atoms with Gasteiger partial charge in [0.2, 0.25) is 0 Å². The van der Waals surface area contributed by atoms with Gasteiger partial charge < -0.3 is 9.88 Å². The van der Waals surface area contributed by atoms with Gasteiger partial charge in [0.15, 0.2) is 5.78 Å². The number of amides is 3. The average Bonchev–Trinajstić information content (AvgIpc) is 3.08. The number of nitrogens with one attached hydrogen (secondary N) is 1. The monoisotopic (exact) mass is 293 g/mol. The summed E-state index contributed by atoms with van der Waals surface area (Å²) >= 11 is 1.65. The summed E-state index contributed by atoms with van der Waals surface area (Å²) in [6, 6.07) is 2.98. The van der Waals surface area contributed by atoms with Crippen molar-refractivity contribution >= 4 is 29.5 Å². The van der Waals surface area contributed by atoms with Crippen LogP contribution in [0.5, 0.6) is 0 Å². The largest absolute Gasteiger partial charge is 0.348 e. The molecule has 3 amide bonds. The Morgan fingerprint density at radius 3 is 2.90 bits per heavy atom. The summed E-state index contributed by atoms with van der Waals surface area (Å²) in [5.41, 5.74) is -0.289. The first kappa shape index (κ1) is 13.2. The lowest BCUT2D eigenvalue weighted by Gasteiger charge is -2.18. The number of aryl methyl sites for hydroxylation is 1. The molecule has 1 aromatic rings. The molecule has 0 aromatic carbocycles. The molecular weight excluding hydrogens is 278 g/mol. The number of hydrogen-bond donors (Lipinski definition) is 1. The van der Waals surface area contributed by atoms with E-state index in [4.69, 9.17) is 0 Å². The number of urea groups is 1. The van der Waals surface area contributed by atoms with Gasteiger partial charge in [-0.05, 0) is 24.3 Å². The second kappa shape index (κ2) is 4.66. The second-order valence-electron chi connectivity index (χ2n) is 5.13. The van der Waals surface area contributed by atoms with Crippen LogP contribution in [0.3, 0.4) is 0 Å². The zero-order chi connectivity index (χ0) is 14.3. The predicted octanol–water partition coefficient (Wildman–Crippen LogP) is 0.635. The van der Waals surface area contributed by atoms with Gasteiger partial charge >= 0.3 is 6.03 Å². The Kier molecular flexibility index (Phi) is 3.08. The SMILES string of the molecule is Cn1cccc1C(=O)CN1C(=O)N[C@]2(CCSC2)C1=O. The van der Waals surface area contributed by atoms with E-state index < -0.39 is 11.6 Å². The van der Waals surface area contributed by atoms with E-state index in [9.17, 15) is 14.4 Å². The lowest BCUT2D eigenvalue weighted by molar-refractivity contribution is -0.130. The first-order valence-corrected chi connectivity index (χ1v) is 7.55. The molecule has 1 atom stereocenters. The third kappa shape index (κ3) is 1.93. The Bertz CT molecular complexity index is 589. The fourth-order valence-electron chi connectivity index (χ4n) is 2.63. The molecule has 1 aromatic heterocycles. The van der Waals surface area contributed by atoms with Gasteiger partial charge in [-0.3, -0.25) is 14.5 Å². The molecule has 20 heavy (non-hydrogen) atoms. The molecule has 0 radical (unpaired) electrons. The van der Waals surface area contributed by atoms with Gasteiger partial charge in [0.05, 0.1) is 12.2 Å². The van der Waals surface area contributed by atoms with Crippen LogP contribution in [0, 0.1) is 0 Å². The molecule has 1 N–H and O–H groups in total. The summed E-state index contributed by atoms with van der Waals surface area (Å²) in [4.78, 5) is 37.6. The molecule has 3 heterocycles. The molecule has 106 valence electrons. The number of thioether (sulfide) groups is 1. The molecule has 2 fully saturated rings. The Labute approximate surface area is 120 Å². The van der Waals surface area contributed by atoms with Crippen molar-refractivity contribution in [1.82, 2.24) is 14.8 Å². The van der Waals surface area contributed by atoms with Crippen molar-refractivity contribution in [2.75, 3.05) is 18.1 Å². The Morgan fingerprint density at radius 1 is 1.50 bits per heavy atom. The fourth-order valence-corrected chi connectivity index (χ4v) is 3.95. The van der Waals surface area contributed by atoms with Gasteiger partial charge in [0, 0.05) is 19.0 Å². The lowest BCUT2D eigenvalue weighted by atomic mass is 9.99. The van der Waals surface area contributed by atoms with Crippen molar-refractivity contribution in [3.8, 4) is 0 Å². The van der Waals surface area contributed by atoms with E-state index in [1.54, 1.807) is 41.7 Å². The number of ketones is 1. The molecule has 7 heteroatoms. The van der Waals surface area contributed by atoms with Crippen molar-refractivity contribution in [1.29, 1.82) is 0 Å². The number of carbonyl (C=O) groups is 3. The van der Waals surface area contributed by atoms with Gasteiger partial charge in [0.25, 0.3) is 5.91 Å². The maximum absolute atomic E-state index is 12.4. The maximum atomic E-state index is 12.4. The lowest BCUT2D eigenvalue weighted by Crippen LogP contribution is -2.47. The van der Waals surface area contributed by atoms with E-state index in [2.05, 4.69) is 5.32 Å². The van der Waals surface area contributed by atoms with Crippen LogP contribution in [0.2, 0.25) is 0 Å². The number of Topliss-reactive ketones (excluding diaryl/α,β-unsaturated/α-hetero) is 1. The summed E-state index contributed by atoms with van der Waals surface area (Å²) in [5, 5.41) is 2.75. The van der Waals surface area contributed by atoms with E-state index in [0.29, 0.717) is 17.9 Å². The van der Waals surface area contributed by atoms with Crippen LogP contribution in [0.15, 0.2) is 18.3 Å². The molecule has 1 spiro atoms. The number of rotatable bonds is 3. The Morgan fingerprint density at radius 2 is 2.30 bits per heavy atom. The zero-order valence-corrected chi connectivity index (χ0v) is 11.9. The van der Waals surface area contributed by atoms with E-state index in [1.165, 1.54) is 0 Å². The third-order valence-corrected chi connectivity index (χ3v) is 4.99. The maximum Gasteiger partial charge on any atom is 0.325 e. The quantitative estimate of drug-likeness (QED) is 0.655. The summed E-state index contributed by atoms with van der Waals surface area (Å²) in [7, 11) is 1.76. The third-order valence-electron chi connectivity index (χ3n) is 3.80.